The van der Waals surface area contributed by atoms with Gasteiger partial charge in [0, 0.05) is 18.2 Å². The summed E-state index contributed by atoms with van der Waals surface area (Å²) in [4.78, 5) is 13.8. The monoisotopic (exact) mass is 360 g/mol. The summed E-state index contributed by atoms with van der Waals surface area (Å²) < 4.78 is 5.63. The maximum absolute atomic E-state index is 12.1. The number of aliphatic hydroxyl groups excluding tert-OH is 2. The molecule has 2 aliphatic rings. The lowest BCUT2D eigenvalue weighted by Crippen LogP contribution is -2.51. The molecule has 0 spiro atoms. The molecule has 0 bridgehead atoms. The Kier molecular flexibility index (Phi) is 7.81. The van der Waals surface area contributed by atoms with E-state index in [2.05, 4.69) is 12.2 Å². The van der Waals surface area contributed by atoms with Gasteiger partial charge >= 0.3 is 0 Å². The molecular weight excluding hydrogens is 332 g/mol. The predicted octanol–water partition coefficient (Wildman–Crippen LogP) is 2.04. The molecule has 0 aliphatic carbocycles. The van der Waals surface area contributed by atoms with Gasteiger partial charge in [-0.2, -0.15) is 0 Å². The zero-order valence-electron chi connectivity index (χ0n) is 14.3. The lowest BCUT2D eigenvalue weighted by molar-refractivity contribution is -0.122. The number of hydrogen-bond acceptors (Lipinski definition) is 5. The summed E-state index contributed by atoms with van der Waals surface area (Å²) in [6, 6.07) is 0. The summed E-state index contributed by atoms with van der Waals surface area (Å²) in [5.41, 5.74) is -0.0200. The normalized spacial score (nSPS) is 30.4. The number of carbonyl (C=O) groups is 1. The van der Waals surface area contributed by atoms with E-state index in [9.17, 15) is 15.0 Å². The highest BCUT2D eigenvalue weighted by Gasteiger charge is 2.39. The number of nitrogens with one attached hydrogen (secondary N) is 1. The summed E-state index contributed by atoms with van der Waals surface area (Å²) in [6.45, 7) is 1.96. The van der Waals surface area contributed by atoms with Crippen molar-refractivity contribution in [3.8, 4) is 0 Å². The maximum atomic E-state index is 12.1. The molecule has 1 amide bonds. The minimum atomic E-state index is -0.725. The number of amides is 1. The van der Waals surface area contributed by atoms with Crippen molar-refractivity contribution >= 4 is 17.5 Å². The third kappa shape index (κ3) is 5.09. The number of carbonyl (C=O) groups excluding carboxylic acids is 1. The van der Waals surface area contributed by atoms with Crippen molar-refractivity contribution in [2.24, 2.45) is 0 Å². The van der Waals surface area contributed by atoms with E-state index in [1.54, 1.807) is 11.1 Å². The zero-order valence-corrected chi connectivity index (χ0v) is 15.0. The van der Waals surface area contributed by atoms with E-state index in [0.29, 0.717) is 18.4 Å². The molecule has 1 unspecified atom stereocenters. The van der Waals surface area contributed by atoms with Gasteiger partial charge in [-0.15, -0.1) is 0 Å². The van der Waals surface area contributed by atoms with Crippen LogP contribution in [-0.4, -0.2) is 51.7 Å². The minimum Gasteiger partial charge on any atom is -0.394 e. The highest BCUT2D eigenvalue weighted by molar-refractivity contribution is 6.22. The van der Waals surface area contributed by atoms with Crippen molar-refractivity contribution < 1.29 is 19.7 Å². The number of unbranched alkanes of at least 4 members (excludes halogenated alkanes) is 5. The molecule has 0 aromatic rings. The molecule has 2 rings (SSSR count). The molecule has 1 saturated heterocycles. The minimum absolute atomic E-state index is 0.142. The van der Waals surface area contributed by atoms with Crippen molar-refractivity contribution in [2.75, 3.05) is 6.61 Å². The summed E-state index contributed by atoms with van der Waals surface area (Å²) in [7, 11) is 0. The van der Waals surface area contributed by atoms with Crippen LogP contribution in [0.15, 0.2) is 11.8 Å². The van der Waals surface area contributed by atoms with Crippen LogP contribution in [0.3, 0.4) is 0 Å². The van der Waals surface area contributed by atoms with Crippen LogP contribution in [0.5, 0.6) is 0 Å². The van der Waals surface area contributed by atoms with E-state index in [1.165, 1.54) is 25.7 Å². The Bertz CT molecular complexity index is 446. The van der Waals surface area contributed by atoms with Gasteiger partial charge in [0.25, 0.3) is 5.91 Å². The highest BCUT2D eigenvalue weighted by Crippen LogP contribution is 2.28. The van der Waals surface area contributed by atoms with Gasteiger partial charge in [-0.1, -0.05) is 50.6 Å². The second kappa shape index (κ2) is 9.61. The fraction of sp³-hybridized carbons (Fsp3) is 0.824. The third-order valence-electron chi connectivity index (χ3n) is 4.62. The van der Waals surface area contributed by atoms with Gasteiger partial charge < -0.3 is 25.2 Å². The number of aliphatic hydroxyl groups is 2. The number of ether oxygens (including phenoxy) is 1. The van der Waals surface area contributed by atoms with E-state index in [0.717, 1.165) is 12.8 Å². The van der Waals surface area contributed by atoms with Gasteiger partial charge in [-0.25, -0.2) is 0 Å². The molecule has 0 saturated carbocycles. The van der Waals surface area contributed by atoms with Crippen LogP contribution in [0.25, 0.3) is 0 Å². The van der Waals surface area contributed by atoms with E-state index in [-0.39, 0.29) is 12.5 Å². The maximum Gasteiger partial charge on any atom is 0.251 e. The number of rotatable bonds is 9. The predicted molar refractivity (Wildman–Crippen MR) is 92.1 cm³/mol. The van der Waals surface area contributed by atoms with Crippen LogP contribution in [0.1, 0.15) is 58.3 Å². The second-order valence-electron chi connectivity index (χ2n) is 6.54. The molecular formula is C17H29ClN2O4. The van der Waals surface area contributed by atoms with E-state index in [1.807, 2.05) is 0 Å². The van der Waals surface area contributed by atoms with Gasteiger partial charge in [0.15, 0.2) is 5.62 Å². The van der Waals surface area contributed by atoms with E-state index >= 15 is 0 Å². The quantitative estimate of drug-likeness (QED) is 0.333. The van der Waals surface area contributed by atoms with Gasteiger partial charge in [0.2, 0.25) is 0 Å². The molecule has 1 fully saturated rings. The number of nitrogens with zero attached hydrogens (tertiary/aromatic N) is 1. The Morgan fingerprint density at radius 2 is 2.04 bits per heavy atom. The van der Waals surface area contributed by atoms with Gasteiger partial charge in [-0.3, -0.25) is 4.79 Å². The standard InChI is InChI=1S/C17H29ClN2O4/c1-2-3-4-5-6-7-8-12-10-20(17(18)19-16(12)23)15-9-13(22)14(11-21)24-15/h10,13-15,17,21-22H,2-9,11H2,1H3,(H,19,23)/t13-,14+,15+,17?/m0/s1. The zero-order chi connectivity index (χ0) is 17.5. The first-order chi connectivity index (χ1) is 11.6. The van der Waals surface area contributed by atoms with Crippen molar-refractivity contribution in [1.29, 1.82) is 0 Å². The lowest BCUT2D eigenvalue weighted by Gasteiger charge is -2.35. The number of halogens is 1. The van der Waals surface area contributed by atoms with Crippen molar-refractivity contribution in [3.05, 3.63) is 11.8 Å². The van der Waals surface area contributed by atoms with Crippen LogP contribution in [-0.2, 0) is 9.53 Å². The van der Waals surface area contributed by atoms with Gasteiger partial charge in [0.1, 0.15) is 12.3 Å². The van der Waals surface area contributed by atoms with Crippen LogP contribution < -0.4 is 5.32 Å². The fourth-order valence-electron chi connectivity index (χ4n) is 3.15. The lowest BCUT2D eigenvalue weighted by atomic mass is 10.0. The fourth-order valence-corrected chi connectivity index (χ4v) is 3.43. The number of hydrogen-bond donors (Lipinski definition) is 3. The Balaban J connectivity index is 1.89. The van der Waals surface area contributed by atoms with Crippen molar-refractivity contribution in [2.45, 2.75) is 82.4 Å². The van der Waals surface area contributed by atoms with Gasteiger partial charge in [-0.05, 0) is 12.8 Å². The van der Waals surface area contributed by atoms with Gasteiger partial charge in [0.05, 0.1) is 12.7 Å². The Morgan fingerprint density at radius 3 is 2.71 bits per heavy atom. The summed E-state index contributed by atoms with van der Waals surface area (Å²) in [5, 5.41) is 21.8. The molecule has 2 aliphatic heterocycles. The molecule has 24 heavy (non-hydrogen) atoms. The SMILES string of the molecule is CCCCCCCCC1=CN([C@H]2C[C@H](O)[C@@H](CO)O2)C(Cl)NC1=O. The van der Waals surface area contributed by atoms with E-state index < -0.39 is 24.1 Å². The molecule has 0 aromatic heterocycles. The smallest absolute Gasteiger partial charge is 0.251 e. The largest absolute Gasteiger partial charge is 0.394 e. The van der Waals surface area contributed by atoms with Crippen LogP contribution in [0.2, 0.25) is 0 Å². The molecule has 6 nitrogen and oxygen atoms in total. The van der Waals surface area contributed by atoms with Crippen LogP contribution in [0, 0.1) is 0 Å². The van der Waals surface area contributed by atoms with Crippen LogP contribution in [0.4, 0.5) is 0 Å². The average Bonchev–Trinajstić information content (AvgIpc) is 2.93. The molecule has 4 atom stereocenters. The summed E-state index contributed by atoms with van der Waals surface area (Å²) >= 11 is 6.21. The molecule has 0 radical (unpaired) electrons. The molecule has 138 valence electrons. The highest BCUT2D eigenvalue weighted by atomic mass is 35.5. The van der Waals surface area contributed by atoms with Crippen molar-refractivity contribution in [1.82, 2.24) is 10.2 Å². The number of alkyl halides is 1. The Hall–Kier alpha value is -0.820. The molecule has 7 heteroatoms. The summed E-state index contributed by atoms with van der Waals surface area (Å²) in [6.07, 6.45) is 8.04. The Labute approximate surface area is 148 Å². The van der Waals surface area contributed by atoms with E-state index in [4.69, 9.17) is 16.3 Å². The molecule has 2 heterocycles. The first-order valence-corrected chi connectivity index (χ1v) is 9.38. The first-order valence-electron chi connectivity index (χ1n) is 8.94. The molecule has 3 N–H and O–H groups in total. The Morgan fingerprint density at radius 1 is 1.33 bits per heavy atom. The second-order valence-corrected chi connectivity index (χ2v) is 6.96. The average molecular weight is 361 g/mol. The topological polar surface area (TPSA) is 82.0 Å². The van der Waals surface area contributed by atoms with Crippen molar-refractivity contribution in [3.63, 3.8) is 0 Å². The summed E-state index contributed by atoms with van der Waals surface area (Å²) in [5.74, 6) is -0.142. The third-order valence-corrected chi connectivity index (χ3v) is 4.96. The molecule has 0 aromatic carbocycles. The first kappa shape index (κ1) is 19.5. The van der Waals surface area contributed by atoms with Crippen LogP contribution >= 0.6 is 11.6 Å².